The molecule has 8 aromatic carbocycles. The van der Waals surface area contributed by atoms with Gasteiger partial charge in [-0.1, -0.05) is 152 Å². The highest BCUT2D eigenvalue weighted by Gasteiger charge is 2.53. The summed E-state index contributed by atoms with van der Waals surface area (Å²) in [5.74, 6) is 0. The van der Waals surface area contributed by atoms with Gasteiger partial charge in [0.05, 0.1) is 11.1 Å². The SMILES string of the molecule is c1ccc(-c2ccc(N(c3ccccc3)c3c4c(cc5sc6ccccc6c35)C3(c5ccccc5-c5ccccc53)c3ccccc3-4)cc2)cc1. The Morgan fingerprint density at radius 2 is 0.902 bits per heavy atom. The predicted molar refractivity (Wildman–Crippen MR) is 216 cm³/mol. The number of hydrogen-bond acceptors (Lipinski definition) is 2. The van der Waals surface area contributed by atoms with Crippen LogP contribution in [0, 0.1) is 0 Å². The Morgan fingerprint density at radius 3 is 1.59 bits per heavy atom. The lowest BCUT2D eigenvalue weighted by Crippen LogP contribution is -2.26. The molecule has 0 aliphatic heterocycles. The van der Waals surface area contributed by atoms with Gasteiger partial charge in [0.2, 0.25) is 0 Å². The number of fused-ring (bicyclic) bond motifs is 13. The number of nitrogens with zero attached hydrogens (tertiary/aromatic N) is 1. The van der Waals surface area contributed by atoms with Gasteiger partial charge in [-0.2, -0.15) is 0 Å². The largest absolute Gasteiger partial charge is 0.309 e. The van der Waals surface area contributed by atoms with E-state index in [0.29, 0.717) is 0 Å². The first-order chi connectivity index (χ1) is 25.3. The molecule has 0 radical (unpaired) electrons. The first-order valence-electron chi connectivity index (χ1n) is 17.6. The maximum Gasteiger partial charge on any atom is 0.0726 e. The number of rotatable bonds is 4. The fraction of sp³-hybridized carbons (Fsp3) is 0.0204. The molecular formula is C49H31NS. The maximum absolute atomic E-state index is 2.54. The molecule has 2 aliphatic rings. The van der Waals surface area contributed by atoms with Crippen molar-refractivity contribution in [2.75, 3.05) is 4.90 Å². The predicted octanol–water partition coefficient (Wildman–Crippen LogP) is 13.5. The van der Waals surface area contributed by atoms with Crippen LogP contribution < -0.4 is 4.90 Å². The van der Waals surface area contributed by atoms with Gasteiger partial charge in [-0.15, -0.1) is 11.3 Å². The van der Waals surface area contributed by atoms with Gasteiger partial charge < -0.3 is 4.90 Å². The van der Waals surface area contributed by atoms with Crippen LogP contribution in [0.2, 0.25) is 0 Å². The molecule has 51 heavy (non-hydrogen) atoms. The first kappa shape index (κ1) is 28.6. The second kappa shape index (κ2) is 10.9. The average Bonchev–Trinajstić information content (AvgIpc) is 3.83. The van der Waals surface area contributed by atoms with Gasteiger partial charge in [-0.25, -0.2) is 0 Å². The monoisotopic (exact) mass is 665 g/mol. The molecule has 0 fully saturated rings. The van der Waals surface area contributed by atoms with Gasteiger partial charge >= 0.3 is 0 Å². The van der Waals surface area contributed by atoms with Gasteiger partial charge in [0.1, 0.15) is 0 Å². The molecular weight excluding hydrogens is 635 g/mol. The molecule has 238 valence electrons. The molecule has 0 saturated heterocycles. The van der Waals surface area contributed by atoms with Crippen molar-refractivity contribution in [1.82, 2.24) is 0 Å². The molecule has 11 rings (SSSR count). The standard InChI is InChI=1S/C49H31NS/c1-3-15-32(16-4-1)33-27-29-35(30-28-33)50(34-17-5-2-6-18-34)48-46-38-21-9-13-25-42(38)49(40-23-11-7-19-36(40)37-20-8-12-24-41(37)49)43(46)31-45-47(48)39-22-10-14-26-44(39)51-45/h1-31H. The highest BCUT2D eigenvalue weighted by Crippen LogP contribution is 2.66. The molecule has 0 atom stereocenters. The molecule has 2 heteroatoms. The molecule has 9 aromatic rings. The van der Waals surface area contributed by atoms with Crippen molar-refractivity contribution in [3.05, 3.63) is 210 Å². The van der Waals surface area contributed by atoms with E-state index in [1.165, 1.54) is 81.5 Å². The van der Waals surface area contributed by atoms with Gasteiger partial charge in [0, 0.05) is 37.1 Å². The van der Waals surface area contributed by atoms with Crippen molar-refractivity contribution in [2.45, 2.75) is 5.41 Å². The Hall–Kier alpha value is -6.22. The van der Waals surface area contributed by atoms with Gasteiger partial charge in [0.25, 0.3) is 0 Å². The number of benzene rings is 8. The third-order valence-corrected chi connectivity index (χ3v) is 12.2. The maximum atomic E-state index is 2.54. The molecule has 1 aromatic heterocycles. The van der Waals surface area contributed by atoms with E-state index in [9.17, 15) is 0 Å². The fourth-order valence-corrected chi connectivity index (χ4v) is 10.2. The summed E-state index contributed by atoms with van der Waals surface area (Å²) in [6.07, 6.45) is 0. The van der Waals surface area contributed by atoms with Crippen molar-refractivity contribution >= 4 is 48.6 Å². The van der Waals surface area contributed by atoms with Crippen molar-refractivity contribution in [2.24, 2.45) is 0 Å². The van der Waals surface area contributed by atoms with Crippen molar-refractivity contribution in [3.63, 3.8) is 0 Å². The van der Waals surface area contributed by atoms with Crippen LogP contribution in [0.15, 0.2) is 188 Å². The minimum atomic E-state index is -0.433. The molecule has 1 nitrogen and oxygen atoms in total. The Bertz CT molecular complexity index is 2750. The Labute approximate surface area is 301 Å². The lowest BCUT2D eigenvalue weighted by Gasteiger charge is -2.32. The van der Waals surface area contributed by atoms with Crippen LogP contribution in [-0.2, 0) is 5.41 Å². The number of thiophene rings is 1. The zero-order valence-electron chi connectivity index (χ0n) is 27.8. The number of para-hydroxylation sites is 1. The van der Waals surface area contributed by atoms with Crippen LogP contribution in [0.4, 0.5) is 17.1 Å². The molecule has 0 N–H and O–H groups in total. The van der Waals surface area contributed by atoms with Crippen LogP contribution in [-0.4, -0.2) is 0 Å². The van der Waals surface area contributed by atoms with E-state index in [1.54, 1.807) is 0 Å². The lowest BCUT2D eigenvalue weighted by molar-refractivity contribution is 0.795. The quantitative estimate of drug-likeness (QED) is 0.181. The zero-order chi connectivity index (χ0) is 33.5. The first-order valence-corrected chi connectivity index (χ1v) is 18.4. The molecule has 0 unspecified atom stereocenters. The van der Waals surface area contributed by atoms with E-state index < -0.39 is 5.41 Å². The molecule has 0 saturated carbocycles. The minimum Gasteiger partial charge on any atom is -0.309 e. The summed E-state index contributed by atoms with van der Waals surface area (Å²) in [5.41, 5.74) is 16.2. The topological polar surface area (TPSA) is 3.24 Å². The van der Waals surface area contributed by atoms with Crippen LogP contribution in [0.5, 0.6) is 0 Å². The normalized spacial score (nSPS) is 13.3. The van der Waals surface area contributed by atoms with E-state index in [-0.39, 0.29) is 0 Å². The summed E-state index contributed by atoms with van der Waals surface area (Å²) in [5, 5.41) is 2.60. The molecule has 2 aliphatic carbocycles. The second-order valence-electron chi connectivity index (χ2n) is 13.6. The smallest absolute Gasteiger partial charge is 0.0726 e. The summed E-state index contributed by atoms with van der Waals surface area (Å²) in [4.78, 5) is 2.53. The number of hydrogen-bond donors (Lipinski definition) is 0. The minimum absolute atomic E-state index is 0.433. The summed E-state index contributed by atoms with van der Waals surface area (Å²) >= 11 is 1.91. The summed E-state index contributed by atoms with van der Waals surface area (Å²) in [6.45, 7) is 0. The van der Waals surface area contributed by atoms with E-state index in [0.717, 1.165) is 11.4 Å². The lowest BCUT2D eigenvalue weighted by atomic mass is 9.70. The third kappa shape index (κ3) is 3.91. The van der Waals surface area contributed by atoms with Crippen LogP contribution in [0.3, 0.4) is 0 Å². The summed E-state index contributed by atoms with van der Waals surface area (Å²) in [6, 6.07) is 69.6. The molecule has 1 spiro atoms. The summed E-state index contributed by atoms with van der Waals surface area (Å²) < 4.78 is 2.61. The van der Waals surface area contributed by atoms with E-state index in [1.807, 2.05) is 11.3 Å². The van der Waals surface area contributed by atoms with Crippen LogP contribution in [0.25, 0.3) is 53.6 Å². The Morgan fingerprint density at radius 1 is 0.392 bits per heavy atom. The molecule has 0 amide bonds. The second-order valence-corrected chi connectivity index (χ2v) is 14.7. The third-order valence-electron chi connectivity index (χ3n) is 11.1. The molecule has 0 bridgehead atoms. The van der Waals surface area contributed by atoms with Crippen molar-refractivity contribution in [3.8, 4) is 33.4 Å². The summed E-state index contributed by atoms with van der Waals surface area (Å²) in [7, 11) is 0. The van der Waals surface area contributed by atoms with Gasteiger partial charge in [0.15, 0.2) is 0 Å². The average molecular weight is 666 g/mol. The molecule has 1 heterocycles. The highest BCUT2D eigenvalue weighted by molar-refractivity contribution is 7.26. The van der Waals surface area contributed by atoms with Crippen molar-refractivity contribution < 1.29 is 0 Å². The van der Waals surface area contributed by atoms with Crippen LogP contribution in [0.1, 0.15) is 22.3 Å². The van der Waals surface area contributed by atoms with E-state index >= 15 is 0 Å². The fourth-order valence-electron chi connectivity index (χ4n) is 9.06. The highest BCUT2D eigenvalue weighted by atomic mass is 32.1. The van der Waals surface area contributed by atoms with Gasteiger partial charge in [-0.05, 0) is 86.5 Å². The van der Waals surface area contributed by atoms with E-state index in [2.05, 4.69) is 193 Å². The Balaban J connectivity index is 1.30. The zero-order valence-corrected chi connectivity index (χ0v) is 28.6. The van der Waals surface area contributed by atoms with Crippen LogP contribution >= 0.6 is 11.3 Å². The number of anilines is 3. The van der Waals surface area contributed by atoms with E-state index in [4.69, 9.17) is 0 Å². The Kier molecular flexibility index (Phi) is 6.11. The van der Waals surface area contributed by atoms with Gasteiger partial charge in [-0.3, -0.25) is 0 Å². The van der Waals surface area contributed by atoms with Crippen molar-refractivity contribution in [1.29, 1.82) is 0 Å².